The number of hydrogen-bond acceptors (Lipinski definition) is 5. The molecule has 1 unspecified atom stereocenters. The molecule has 0 saturated heterocycles. The van der Waals surface area contributed by atoms with Crippen molar-refractivity contribution in [2.24, 2.45) is 0 Å². The lowest BCUT2D eigenvalue weighted by Crippen LogP contribution is -2.26. The SMILES string of the molecule is CCCCCCCCCCCCCCCCCCOCC(COP(=O)(O)O)OCCCCC(=O)O. The van der Waals surface area contributed by atoms with Crippen molar-refractivity contribution in [3.8, 4) is 0 Å². The Bertz CT molecular complexity index is 512. The van der Waals surface area contributed by atoms with Gasteiger partial charge in [-0.25, -0.2) is 4.57 Å². The van der Waals surface area contributed by atoms with Crippen molar-refractivity contribution in [3.05, 3.63) is 0 Å². The van der Waals surface area contributed by atoms with Crippen LogP contribution in [0.1, 0.15) is 129 Å². The minimum Gasteiger partial charge on any atom is -0.481 e. The molecule has 0 radical (unpaired) electrons. The van der Waals surface area contributed by atoms with Gasteiger partial charge in [0.1, 0.15) is 6.10 Å². The summed E-state index contributed by atoms with van der Waals surface area (Å²) in [6, 6.07) is 0. The fourth-order valence-electron chi connectivity index (χ4n) is 3.92. The predicted octanol–water partition coefficient (Wildman–Crippen LogP) is 7.01. The van der Waals surface area contributed by atoms with Crippen molar-refractivity contribution in [3.63, 3.8) is 0 Å². The second-order valence-corrected chi connectivity index (χ2v) is 10.7. The largest absolute Gasteiger partial charge is 0.481 e. The highest BCUT2D eigenvalue weighted by molar-refractivity contribution is 7.46. The van der Waals surface area contributed by atoms with Crippen molar-refractivity contribution in [2.45, 2.75) is 135 Å². The summed E-state index contributed by atoms with van der Waals surface area (Å²) in [5.41, 5.74) is 0. The van der Waals surface area contributed by atoms with Gasteiger partial charge < -0.3 is 24.4 Å². The molecular formula is C26H53O8P. The van der Waals surface area contributed by atoms with E-state index in [2.05, 4.69) is 11.4 Å². The molecule has 0 aromatic heterocycles. The van der Waals surface area contributed by atoms with Gasteiger partial charge in [-0.1, -0.05) is 103 Å². The number of rotatable bonds is 28. The molecular weight excluding hydrogens is 471 g/mol. The van der Waals surface area contributed by atoms with E-state index >= 15 is 0 Å². The van der Waals surface area contributed by atoms with Gasteiger partial charge in [0.15, 0.2) is 0 Å². The Balaban J connectivity index is 3.58. The summed E-state index contributed by atoms with van der Waals surface area (Å²) in [5, 5.41) is 8.65. The lowest BCUT2D eigenvalue weighted by atomic mass is 10.0. The van der Waals surface area contributed by atoms with Crippen molar-refractivity contribution < 1.29 is 38.3 Å². The zero-order valence-electron chi connectivity index (χ0n) is 22.2. The molecule has 0 spiro atoms. The van der Waals surface area contributed by atoms with Crippen molar-refractivity contribution >= 4 is 13.8 Å². The number of carboxylic acid groups (broad SMARTS) is 1. The first-order valence-electron chi connectivity index (χ1n) is 14.0. The van der Waals surface area contributed by atoms with Gasteiger partial charge in [0.05, 0.1) is 13.2 Å². The van der Waals surface area contributed by atoms with Crippen LogP contribution in [0.2, 0.25) is 0 Å². The predicted molar refractivity (Wildman–Crippen MR) is 140 cm³/mol. The number of hydrogen-bond donors (Lipinski definition) is 3. The Morgan fingerprint density at radius 1 is 0.686 bits per heavy atom. The highest BCUT2D eigenvalue weighted by Gasteiger charge is 2.19. The molecule has 0 aromatic carbocycles. The highest BCUT2D eigenvalue weighted by atomic mass is 31.2. The Morgan fingerprint density at radius 3 is 1.60 bits per heavy atom. The Hall–Kier alpha value is -0.500. The average molecular weight is 525 g/mol. The Labute approximate surface area is 213 Å². The molecule has 210 valence electrons. The van der Waals surface area contributed by atoms with Gasteiger partial charge in [0.2, 0.25) is 0 Å². The summed E-state index contributed by atoms with van der Waals surface area (Å²) < 4.78 is 26.7. The summed E-state index contributed by atoms with van der Waals surface area (Å²) in [4.78, 5) is 28.3. The van der Waals surface area contributed by atoms with Gasteiger partial charge in [0.25, 0.3) is 0 Å². The standard InChI is InChI=1S/C26H53O8P/c1-2-3-4-5-6-7-8-9-10-11-12-13-14-15-16-18-21-32-23-25(24-34-35(29,30)31)33-22-19-17-20-26(27)28/h25H,2-24H2,1H3,(H,27,28)(H2,29,30,31). The minimum absolute atomic E-state index is 0.0722. The van der Waals surface area contributed by atoms with Gasteiger partial charge in [-0.2, -0.15) is 0 Å². The van der Waals surface area contributed by atoms with Crippen LogP contribution in [0.4, 0.5) is 0 Å². The van der Waals surface area contributed by atoms with Crippen LogP contribution in [-0.4, -0.2) is 53.4 Å². The lowest BCUT2D eigenvalue weighted by Gasteiger charge is -2.18. The first-order chi connectivity index (χ1) is 16.8. The van der Waals surface area contributed by atoms with Crippen LogP contribution in [0.3, 0.4) is 0 Å². The number of carboxylic acids is 1. The van der Waals surface area contributed by atoms with E-state index in [-0.39, 0.29) is 19.6 Å². The summed E-state index contributed by atoms with van der Waals surface area (Å²) in [5.74, 6) is -0.853. The number of ether oxygens (including phenoxy) is 2. The van der Waals surface area contributed by atoms with Gasteiger partial charge in [-0.15, -0.1) is 0 Å². The summed E-state index contributed by atoms with van der Waals surface area (Å²) in [7, 11) is -4.57. The van der Waals surface area contributed by atoms with Crippen LogP contribution in [0, 0.1) is 0 Å². The number of phosphoric ester groups is 1. The van der Waals surface area contributed by atoms with E-state index in [1.54, 1.807) is 0 Å². The van der Waals surface area contributed by atoms with Crippen LogP contribution >= 0.6 is 7.82 Å². The molecule has 0 fully saturated rings. The molecule has 1 atom stereocenters. The van der Waals surface area contributed by atoms with Crippen LogP contribution in [0.5, 0.6) is 0 Å². The first kappa shape index (κ1) is 34.5. The fourth-order valence-corrected chi connectivity index (χ4v) is 4.28. The van der Waals surface area contributed by atoms with Crippen molar-refractivity contribution in [1.82, 2.24) is 0 Å². The second kappa shape index (κ2) is 25.2. The molecule has 3 N–H and O–H groups in total. The quantitative estimate of drug-likeness (QED) is 0.0737. The summed E-state index contributed by atoms with van der Waals surface area (Å²) in [6.07, 6.45) is 21.5. The first-order valence-corrected chi connectivity index (χ1v) is 15.5. The molecule has 35 heavy (non-hydrogen) atoms. The lowest BCUT2D eigenvalue weighted by molar-refractivity contribution is -0.137. The molecule has 0 rings (SSSR count). The normalized spacial score (nSPS) is 12.8. The van der Waals surface area contributed by atoms with E-state index in [1.165, 1.54) is 89.9 Å². The summed E-state index contributed by atoms with van der Waals surface area (Å²) in [6.45, 7) is 3.07. The molecule has 0 bridgehead atoms. The molecule has 0 aliphatic carbocycles. The molecule has 8 nitrogen and oxygen atoms in total. The van der Waals surface area contributed by atoms with Crippen LogP contribution in [-0.2, 0) is 23.4 Å². The Morgan fingerprint density at radius 2 is 1.14 bits per heavy atom. The summed E-state index contributed by atoms with van der Waals surface area (Å²) >= 11 is 0. The van der Waals surface area contributed by atoms with Crippen molar-refractivity contribution in [1.29, 1.82) is 0 Å². The highest BCUT2D eigenvalue weighted by Crippen LogP contribution is 2.35. The topological polar surface area (TPSA) is 123 Å². The van der Waals surface area contributed by atoms with Gasteiger partial charge in [0, 0.05) is 19.6 Å². The van der Waals surface area contributed by atoms with Gasteiger partial charge >= 0.3 is 13.8 Å². The maximum Gasteiger partial charge on any atom is 0.469 e. The molecule has 0 aromatic rings. The zero-order valence-corrected chi connectivity index (χ0v) is 23.1. The maximum atomic E-state index is 10.9. The third-order valence-electron chi connectivity index (χ3n) is 6.01. The Kier molecular flexibility index (Phi) is 24.8. The van der Waals surface area contributed by atoms with E-state index in [0.29, 0.717) is 26.1 Å². The minimum atomic E-state index is -4.57. The average Bonchev–Trinajstić information content (AvgIpc) is 2.80. The number of aliphatic carboxylic acids is 1. The van der Waals surface area contributed by atoms with Crippen LogP contribution in [0.25, 0.3) is 0 Å². The van der Waals surface area contributed by atoms with Crippen LogP contribution in [0.15, 0.2) is 0 Å². The van der Waals surface area contributed by atoms with E-state index in [4.69, 9.17) is 24.4 Å². The second-order valence-electron chi connectivity index (χ2n) is 9.51. The maximum absolute atomic E-state index is 10.9. The van der Waals surface area contributed by atoms with E-state index in [0.717, 1.165) is 12.8 Å². The molecule has 0 heterocycles. The fraction of sp³-hybridized carbons (Fsp3) is 0.962. The molecule has 0 aliphatic rings. The van der Waals surface area contributed by atoms with E-state index in [9.17, 15) is 9.36 Å². The smallest absolute Gasteiger partial charge is 0.469 e. The van der Waals surface area contributed by atoms with E-state index in [1.807, 2.05) is 0 Å². The zero-order chi connectivity index (χ0) is 26.0. The number of unbranched alkanes of at least 4 members (excludes halogenated alkanes) is 16. The third-order valence-corrected chi connectivity index (χ3v) is 6.50. The molecule has 9 heteroatoms. The van der Waals surface area contributed by atoms with Gasteiger partial charge in [-0.05, 0) is 19.3 Å². The van der Waals surface area contributed by atoms with Gasteiger partial charge in [-0.3, -0.25) is 9.32 Å². The molecule has 0 saturated carbocycles. The number of phosphoric acid groups is 1. The monoisotopic (exact) mass is 524 g/mol. The van der Waals surface area contributed by atoms with Crippen LogP contribution < -0.4 is 0 Å². The molecule has 0 amide bonds. The van der Waals surface area contributed by atoms with Crippen molar-refractivity contribution in [2.75, 3.05) is 26.4 Å². The van der Waals surface area contributed by atoms with E-state index < -0.39 is 19.9 Å². The molecule has 0 aliphatic heterocycles. The third kappa shape index (κ3) is 29.6. The number of carbonyl (C=O) groups is 1.